The van der Waals surface area contributed by atoms with Crippen LogP contribution in [0.3, 0.4) is 0 Å². The number of hydrogen-bond acceptors (Lipinski definition) is 2. The lowest BCUT2D eigenvalue weighted by Crippen LogP contribution is -2.55. The van der Waals surface area contributed by atoms with Crippen LogP contribution in [0.25, 0.3) is 10.8 Å². The minimum atomic E-state index is 0.0132. The minimum absolute atomic E-state index is 0.0132. The molecule has 6 rings (SSSR count). The molecule has 0 aliphatic heterocycles. The average Bonchev–Trinajstić information content (AvgIpc) is 2.57. The van der Waals surface area contributed by atoms with Gasteiger partial charge >= 0.3 is 0 Å². The number of nitrogens with one attached hydrogen (secondary N) is 1. The van der Waals surface area contributed by atoms with Crippen molar-refractivity contribution < 1.29 is 4.79 Å². The number of aromatic nitrogens is 1. The van der Waals surface area contributed by atoms with Gasteiger partial charge in [-0.05, 0) is 67.2 Å². The van der Waals surface area contributed by atoms with Crippen molar-refractivity contribution in [3.63, 3.8) is 0 Å². The fourth-order valence-electron chi connectivity index (χ4n) is 5.68. The number of pyridine rings is 1. The first-order valence-electron chi connectivity index (χ1n) is 8.92. The Labute approximate surface area is 136 Å². The van der Waals surface area contributed by atoms with Gasteiger partial charge in [-0.25, -0.2) is 0 Å². The van der Waals surface area contributed by atoms with Crippen LogP contribution in [-0.4, -0.2) is 16.9 Å². The van der Waals surface area contributed by atoms with Gasteiger partial charge in [-0.3, -0.25) is 9.78 Å². The van der Waals surface area contributed by atoms with Crippen molar-refractivity contribution >= 4 is 16.7 Å². The molecule has 3 nitrogen and oxygen atoms in total. The van der Waals surface area contributed by atoms with Crippen LogP contribution < -0.4 is 5.32 Å². The predicted molar refractivity (Wildman–Crippen MR) is 90.0 cm³/mol. The van der Waals surface area contributed by atoms with Crippen molar-refractivity contribution in [1.82, 2.24) is 10.3 Å². The average molecular weight is 306 g/mol. The zero-order chi connectivity index (χ0) is 15.4. The van der Waals surface area contributed by atoms with Crippen molar-refractivity contribution in [2.75, 3.05) is 0 Å². The summed E-state index contributed by atoms with van der Waals surface area (Å²) < 4.78 is 0. The number of benzene rings is 1. The van der Waals surface area contributed by atoms with Crippen LogP contribution in [0.5, 0.6) is 0 Å². The summed E-state index contributed by atoms with van der Waals surface area (Å²) in [5.74, 6) is 3.28. The smallest absolute Gasteiger partial charge is 0.270 e. The molecule has 0 spiro atoms. The first-order chi connectivity index (χ1) is 11.3. The third-order valence-corrected chi connectivity index (χ3v) is 6.41. The lowest BCUT2D eigenvalue weighted by molar-refractivity contribution is -0.0120. The van der Waals surface area contributed by atoms with Gasteiger partial charge in [-0.2, -0.15) is 0 Å². The Balaban J connectivity index is 1.43. The summed E-state index contributed by atoms with van der Waals surface area (Å²) in [7, 11) is 0. The monoisotopic (exact) mass is 306 g/mol. The van der Waals surface area contributed by atoms with Gasteiger partial charge < -0.3 is 5.32 Å². The summed E-state index contributed by atoms with van der Waals surface area (Å²) in [6.07, 6.45) is 8.47. The van der Waals surface area contributed by atoms with Crippen molar-refractivity contribution in [3.8, 4) is 0 Å². The summed E-state index contributed by atoms with van der Waals surface area (Å²) in [4.78, 5) is 17.3. The summed E-state index contributed by atoms with van der Waals surface area (Å²) in [5, 5.41) is 5.41. The predicted octanol–water partition coefficient (Wildman–Crippen LogP) is 3.79. The first-order valence-corrected chi connectivity index (χ1v) is 8.92. The molecule has 4 fully saturated rings. The fraction of sp³-hybridized carbons (Fsp3) is 0.500. The van der Waals surface area contributed by atoms with Crippen molar-refractivity contribution in [3.05, 3.63) is 42.2 Å². The molecule has 1 heterocycles. The second-order valence-corrected chi connectivity index (χ2v) is 7.81. The Kier molecular flexibility index (Phi) is 2.97. The van der Waals surface area contributed by atoms with Crippen LogP contribution in [0.15, 0.2) is 36.5 Å². The lowest BCUT2D eigenvalue weighted by atomic mass is 9.54. The van der Waals surface area contributed by atoms with E-state index in [-0.39, 0.29) is 5.91 Å². The highest BCUT2D eigenvalue weighted by Gasteiger charge is 2.48. The molecule has 0 saturated heterocycles. The van der Waals surface area contributed by atoms with E-state index in [0.717, 1.165) is 22.6 Å². The normalized spacial score (nSPS) is 34.7. The molecule has 23 heavy (non-hydrogen) atoms. The van der Waals surface area contributed by atoms with Crippen LogP contribution in [0.4, 0.5) is 0 Å². The van der Waals surface area contributed by atoms with Crippen LogP contribution in [0.1, 0.15) is 42.6 Å². The zero-order valence-corrected chi connectivity index (χ0v) is 13.2. The second kappa shape index (κ2) is 5.05. The van der Waals surface area contributed by atoms with Crippen LogP contribution in [0.2, 0.25) is 0 Å². The summed E-state index contributed by atoms with van der Waals surface area (Å²) in [5.41, 5.74) is 0.580. The molecule has 4 bridgehead atoms. The molecule has 2 aromatic rings. The molecule has 4 aliphatic carbocycles. The van der Waals surface area contributed by atoms with E-state index < -0.39 is 0 Å². The topological polar surface area (TPSA) is 42.0 Å². The highest BCUT2D eigenvalue weighted by Crippen LogP contribution is 2.53. The van der Waals surface area contributed by atoms with E-state index in [1.165, 1.54) is 32.1 Å². The summed E-state index contributed by atoms with van der Waals surface area (Å²) >= 11 is 0. The Hall–Kier alpha value is -1.90. The second-order valence-electron chi connectivity index (χ2n) is 7.81. The third kappa shape index (κ3) is 2.17. The molecule has 0 radical (unpaired) electrons. The fourth-order valence-corrected chi connectivity index (χ4v) is 5.68. The number of hydrogen-bond donors (Lipinski definition) is 1. The van der Waals surface area contributed by atoms with Crippen LogP contribution in [-0.2, 0) is 0 Å². The molecule has 3 heteroatoms. The highest BCUT2D eigenvalue weighted by molar-refractivity contribution is 6.05. The highest BCUT2D eigenvalue weighted by atomic mass is 16.2. The summed E-state index contributed by atoms with van der Waals surface area (Å²) in [6, 6.07) is 10.3. The van der Waals surface area contributed by atoms with Gasteiger partial charge in [-0.1, -0.05) is 24.3 Å². The molecule has 4 saturated carbocycles. The van der Waals surface area contributed by atoms with E-state index in [4.69, 9.17) is 0 Å². The Bertz CT molecular complexity index is 736. The molecule has 0 atom stereocenters. The number of nitrogens with zero attached hydrogens (tertiary/aromatic N) is 1. The number of carbonyl (C=O) groups is 1. The number of amides is 1. The zero-order valence-electron chi connectivity index (χ0n) is 13.2. The van der Waals surface area contributed by atoms with E-state index in [1.807, 2.05) is 30.3 Å². The number of fused-ring (bicyclic) bond motifs is 1. The minimum Gasteiger partial charge on any atom is -0.347 e. The van der Waals surface area contributed by atoms with Crippen molar-refractivity contribution in [1.29, 1.82) is 0 Å². The van der Waals surface area contributed by atoms with Gasteiger partial charge in [0.2, 0.25) is 0 Å². The largest absolute Gasteiger partial charge is 0.347 e. The Morgan fingerprint density at radius 3 is 2.39 bits per heavy atom. The maximum Gasteiger partial charge on any atom is 0.270 e. The van der Waals surface area contributed by atoms with Gasteiger partial charge in [0.25, 0.3) is 5.91 Å². The lowest BCUT2D eigenvalue weighted by Gasteiger charge is -2.54. The van der Waals surface area contributed by atoms with Crippen molar-refractivity contribution in [2.45, 2.75) is 38.1 Å². The molecule has 118 valence electrons. The molecule has 4 aliphatic rings. The standard InChI is InChI=1S/C20H22N2O/c23-20(19-17-4-2-1-3-14(17)5-6-21-19)22-18-15-8-12-7-13(10-15)11-16(18)9-12/h1-6,12-13,15-16,18H,7-11H2,(H,22,23). The molecular weight excluding hydrogens is 284 g/mol. The van der Waals surface area contributed by atoms with E-state index >= 15 is 0 Å². The molecule has 1 aromatic carbocycles. The quantitative estimate of drug-likeness (QED) is 0.917. The molecule has 1 aromatic heterocycles. The van der Waals surface area contributed by atoms with Gasteiger partial charge in [0.05, 0.1) is 0 Å². The molecule has 1 N–H and O–H groups in total. The van der Waals surface area contributed by atoms with Gasteiger partial charge in [0.15, 0.2) is 0 Å². The van der Waals surface area contributed by atoms with Crippen LogP contribution >= 0.6 is 0 Å². The third-order valence-electron chi connectivity index (χ3n) is 6.41. The maximum absolute atomic E-state index is 12.9. The number of rotatable bonds is 2. The van der Waals surface area contributed by atoms with E-state index in [1.54, 1.807) is 6.20 Å². The van der Waals surface area contributed by atoms with E-state index in [9.17, 15) is 4.79 Å². The van der Waals surface area contributed by atoms with Crippen LogP contribution in [0, 0.1) is 23.7 Å². The Morgan fingerprint density at radius 2 is 1.65 bits per heavy atom. The van der Waals surface area contributed by atoms with E-state index in [2.05, 4.69) is 10.3 Å². The van der Waals surface area contributed by atoms with Gasteiger partial charge in [-0.15, -0.1) is 0 Å². The summed E-state index contributed by atoms with van der Waals surface area (Å²) in [6.45, 7) is 0. The molecular formula is C20H22N2O. The van der Waals surface area contributed by atoms with Crippen molar-refractivity contribution in [2.24, 2.45) is 23.7 Å². The number of carbonyl (C=O) groups excluding carboxylic acids is 1. The molecule has 1 amide bonds. The van der Waals surface area contributed by atoms with E-state index in [0.29, 0.717) is 23.6 Å². The first kappa shape index (κ1) is 13.5. The Morgan fingerprint density at radius 1 is 0.957 bits per heavy atom. The maximum atomic E-state index is 12.9. The molecule has 0 unspecified atom stereocenters. The van der Waals surface area contributed by atoms with Gasteiger partial charge in [0.1, 0.15) is 5.69 Å². The van der Waals surface area contributed by atoms with Gasteiger partial charge in [0, 0.05) is 17.6 Å². The SMILES string of the molecule is O=C(NC1C2CC3CC(C2)CC1C3)c1nccc2ccccc12.